The van der Waals surface area contributed by atoms with E-state index in [9.17, 15) is 14.7 Å². The molecule has 22 heavy (non-hydrogen) atoms. The van der Waals surface area contributed by atoms with E-state index in [0.29, 0.717) is 13.2 Å². The lowest BCUT2D eigenvalue weighted by Crippen LogP contribution is -2.49. The van der Waals surface area contributed by atoms with Crippen LogP contribution in [-0.4, -0.2) is 36.2 Å². The smallest absolute Gasteiger partial charge is 0.326 e. The lowest BCUT2D eigenvalue weighted by atomic mass is 9.92. The average Bonchev–Trinajstić information content (AvgIpc) is 2.53. The summed E-state index contributed by atoms with van der Waals surface area (Å²) >= 11 is 3.35. The van der Waals surface area contributed by atoms with Crippen LogP contribution in [-0.2, 0) is 14.3 Å². The van der Waals surface area contributed by atoms with Gasteiger partial charge in [-0.25, -0.2) is 4.79 Å². The van der Waals surface area contributed by atoms with Gasteiger partial charge >= 0.3 is 5.97 Å². The van der Waals surface area contributed by atoms with Crippen LogP contribution in [0.4, 0.5) is 0 Å². The maximum Gasteiger partial charge on any atom is 0.326 e. The number of carboxylic acid groups (broad SMARTS) is 1. The molecule has 120 valence electrons. The van der Waals surface area contributed by atoms with E-state index in [0.717, 1.165) is 22.9 Å². The SMILES string of the molecule is CC(C(=O)NC(C(=O)O)C1CCCOC1)c1ccc(Br)cc1. The molecule has 3 unspecified atom stereocenters. The third-order valence-corrected chi connectivity index (χ3v) is 4.52. The summed E-state index contributed by atoms with van der Waals surface area (Å²) in [6.45, 7) is 2.81. The number of carbonyl (C=O) groups is 2. The van der Waals surface area contributed by atoms with E-state index >= 15 is 0 Å². The Hall–Kier alpha value is -1.40. The van der Waals surface area contributed by atoms with Gasteiger partial charge in [-0.05, 0) is 37.5 Å². The zero-order chi connectivity index (χ0) is 16.1. The number of hydrogen-bond acceptors (Lipinski definition) is 3. The molecule has 0 spiro atoms. The highest BCUT2D eigenvalue weighted by atomic mass is 79.9. The minimum atomic E-state index is -1.01. The fraction of sp³-hybridized carbons (Fsp3) is 0.500. The summed E-state index contributed by atoms with van der Waals surface area (Å²) in [5, 5.41) is 12.1. The van der Waals surface area contributed by atoms with Crippen molar-refractivity contribution in [3.8, 4) is 0 Å². The van der Waals surface area contributed by atoms with Gasteiger partial charge in [0.25, 0.3) is 0 Å². The average molecular weight is 370 g/mol. The molecule has 0 aromatic heterocycles. The van der Waals surface area contributed by atoms with Crippen LogP contribution in [0.1, 0.15) is 31.2 Å². The molecular formula is C16H20BrNO4. The van der Waals surface area contributed by atoms with Crippen molar-refractivity contribution in [2.75, 3.05) is 13.2 Å². The first-order valence-corrected chi connectivity index (χ1v) is 8.14. The summed E-state index contributed by atoms with van der Waals surface area (Å²) in [5.74, 6) is -1.86. The predicted octanol–water partition coefficient (Wildman–Crippen LogP) is 2.55. The molecule has 5 nitrogen and oxygen atoms in total. The van der Waals surface area contributed by atoms with Crippen molar-refractivity contribution < 1.29 is 19.4 Å². The third-order valence-electron chi connectivity index (χ3n) is 3.99. The van der Waals surface area contributed by atoms with E-state index in [1.54, 1.807) is 6.92 Å². The van der Waals surface area contributed by atoms with Crippen molar-refractivity contribution in [3.05, 3.63) is 34.3 Å². The zero-order valence-corrected chi connectivity index (χ0v) is 14.0. The predicted molar refractivity (Wildman–Crippen MR) is 85.7 cm³/mol. The maximum absolute atomic E-state index is 12.4. The topological polar surface area (TPSA) is 75.6 Å². The quantitative estimate of drug-likeness (QED) is 0.835. The van der Waals surface area contributed by atoms with E-state index in [-0.39, 0.29) is 11.8 Å². The molecule has 0 bridgehead atoms. The number of carbonyl (C=O) groups excluding carboxylic acids is 1. The van der Waals surface area contributed by atoms with Crippen molar-refractivity contribution in [2.24, 2.45) is 5.92 Å². The van der Waals surface area contributed by atoms with Crippen LogP contribution in [0.5, 0.6) is 0 Å². The molecule has 1 fully saturated rings. The minimum absolute atomic E-state index is 0.174. The molecule has 0 saturated carbocycles. The Morgan fingerprint density at radius 2 is 2.05 bits per heavy atom. The summed E-state index contributed by atoms with van der Waals surface area (Å²) in [7, 11) is 0. The van der Waals surface area contributed by atoms with Gasteiger partial charge in [0.15, 0.2) is 0 Å². The Balaban J connectivity index is 2.03. The number of hydrogen-bond donors (Lipinski definition) is 2. The highest BCUT2D eigenvalue weighted by molar-refractivity contribution is 9.10. The minimum Gasteiger partial charge on any atom is -0.480 e. The van der Waals surface area contributed by atoms with E-state index in [4.69, 9.17) is 4.74 Å². The van der Waals surface area contributed by atoms with Gasteiger partial charge in [-0.3, -0.25) is 4.79 Å². The van der Waals surface area contributed by atoms with Crippen molar-refractivity contribution in [1.82, 2.24) is 5.32 Å². The molecule has 2 rings (SSSR count). The highest BCUT2D eigenvalue weighted by Gasteiger charge is 2.32. The number of nitrogens with one attached hydrogen (secondary N) is 1. The van der Waals surface area contributed by atoms with Crippen molar-refractivity contribution in [3.63, 3.8) is 0 Å². The molecule has 2 N–H and O–H groups in total. The number of halogens is 1. The second-order valence-electron chi connectivity index (χ2n) is 5.57. The summed E-state index contributed by atoms with van der Waals surface area (Å²) in [4.78, 5) is 23.8. The molecule has 6 heteroatoms. The summed E-state index contributed by atoms with van der Waals surface area (Å²) in [5.41, 5.74) is 0.852. The standard InChI is InChI=1S/C16H20BrNO4/c1-10(11-4-6-13(17)7-5-11)15(19)18-14(16(20)21)12-3-2-8-22-9-12/h4-7,10,12,14H,2-3,8-9H2,1H3,(H,18,19)(H,20,21). The molecule has 1 amide bonds. The summed E-state index contributed by atoms with van der Waals surface area (Å²) in [6, 6.07) is 6.54. The summed E-state index contributed by atoms with van der Waals surface area (Å²) in [6.07, 6.45) is 1.58. The van der Waals surface area contributed by atoms with Crippen LogP contribution in [0.25, 0.3) is 0 Å². The van der Waals surface area contributed by atoms with Gasteiger partial charge in [0, 0.05) is 17.0 Å². The molecule has 3 atom stereocenters. The number of aliphatic carboxylic acids is 1. The van der Waals surface area contributed by atoms with Crippen molar-refractivity contribution >= 4 is 27.8 Å². The van der Waals surface area contributed by atoms with E-state index in [1.165, 1.54) is 0 Å². The maximum atomic E-state index is 12.4. The highest BCUT2D eigenvalue weighted by Crippen LogP contribution is 2.21. The van der Waals surface area contributed by atoms with Gasteiger partial charge in [-0.1, -0.05) is 28.1 Å². The Morgan fingerprint density at radius 1 is 1.36 bits per heavy atom. The van der Waals surface area contributed by atoms with Crippen molar-refractivity contribution in [1.29, 1.82) is 0 Å². The number of carboxylic acids is 1. The lowest BCUT2D eigenvalue weighted by molar-refractivity contribution is -0.145. The van der Waals surface area contributed by atoms with Gasteiger partial charge in [0.05, 0.1) is 12.5 Å². The van der Waals surface area contributed by atoms with Crippen LogP contribution in [0.3, 0.4) is 0 Å². The molecule has 1 heterocycles. The van der Waals surface area contributed by atoms with E-state index < -0.39 is 17.9 Å². The van der Waals surface area contributed by atoms with Gasteiger partial charge in [0.2, 0.25) is 5.91 Å². The lowest BCUT2D eigenvalue weighted by Gasteiger charge is -2.29. The van der Waals surface area contributed by atoms with Gasteiger partial charge < -0.3 is 15.2 Å². The van der Waals surface area contributed by atoms with Crippen molar-refractivity contribution in [2.45, 2.75) is 31.7 Å². The molecule has 1 saturated heterocycles. The van der Waals surface area contributed by atoms with Gasteiger partial charge in [-0.15, -0.1) is 0 Å². The fourth-order valence-corrected chi connectivity index (χ4v) is 2.86. The Kier molecular flexibility index (Phi) is 5.97. The Bertz CT molecular complexity index is 525. The first-order valence-electron chi connectivity index (χ1n) is 7.35. The van der Waals surface area contributed by atoms with Crippen LogP contribution >= 0.6 is 15.9 Å². The monoisotopic (exact) mass is 369 g/mol. The molecule has 1 aromatic carbocycles. The second-order valence-corrected chi connectivity index (χ2v) is 6.49. The van der Waals surface area contributed by atoms with Crippen LogP contribution < -0.4 is 5.32 Å². The van der Waals surface area contributed by atoms with Crippen LogP contribution in [0.15, 0.2) is 28.7 Å². The number of ether oxygens (including phenoxy) is 1. The molecule has 1 aliphatic rings. The second kappa shape index (κ2) is 7.74. The van der Waals surface area contributed by atoms with Crippen LogP contribution in [0, 0.1) is 5.92 Å². The van der Waals surface area contributed by atoms with Crippen LogP contribution in [0.2, 0.25) is 0 Å². The molecule has 0 radical (unpaired) electrons. The first kappa shape index (κ1) is 17.0. The largest absolute Gasteiger partial charge is 0.480 e. The summed E-state index contributed by atoms with van der Waals surface area (Å²) < 4.78 is 6.27. The Labute approximate surface area is 138 Å². The first-order chi connectivity index (χ1) is 10.5. The van der Waals surface area contributed by atoms with Gasteiger partial charge in [-0.2, -0.15) is 0 Å². The molecule has 0 aliphatic carbocycles. The third kappa shape index (κ3) is 4.30. The zero-order valence-electron chi connectivity index (χ0n) is 12.4. The van der Waals surface area contributed by atoms with Gasteiger partial charge in [0.1, 0.15) is 6.04 Å². The Morgan fingerprint density at radius 3 is 2.59 bits per heavy atom. The number of amides is 1. The normalized spacial score (nSPS) is 20.9. The number of rotatable bonds is 5. The molecule has 1 aliphatic heterocycles. The molecule has 1 aromatic rings. The van der Waals surface area contributed by atoms with E-state index in [1.807, 2.05) is 24.3 Å². The number of benzene rings is 1. The fourth-order valence-electron chi connectivity index (χ4n) is 2.59. The molecular weight excluding hydrogens is 350 g/mol. The van der Waals surface area contributed by atoms with E-state index in [2.05, 4.69) is 21.2 Å².